The fourth-order valence-electron chi connectivity index (χ4n) is 3.38. The van der Waals surface area contributed by atoms with E-state index in [1.165, 1.54) is 24.9 Å². The van der Waals surface area contributed by atoms with Gasteiger partial charge in [0.2, 0.25) is 0 Å². The van der Waals surface area contributed by atoms with Crippen LogP contribution in [0.5, 0.6) is 5.75 Å². The molecule has 1 atom stereocenters. The maximum atomic E-state index is 12.4. The highest BCUT2D eigenvalue weighted by Gasteiger charge is 2.18. The number of amides is 1. The predicted octanol–water partition coefficient (Wildman–Crippen LogP) is 5.10. The summed E-state index contributed by atoms with van der Waals surface area (Å²) in [5, 5.41) is 2.96. The normalized spacial score (nSPS) is 17.2. The van der Waals surface area contributed by atoms with E-state index in [-0.39, 0.29) is 12.0 Å². The molecule has 1 saturated heterocycles. The van der Waals surface area contributed by atoms with E-state index >= 15 is 0 Å². The van der Waals surface area contributed by atoms with Gasteiger partial charge in [0.25, 0.3) is 5.91 Å². The van der Waals surface area contributed by atoms with Gasteiger partial charge in [-0.3, -0.25) is 4.79 Å². The number of benzene rings is 2. The molecule has 0 saturated carbocycles. The molecule has 1 heterocycles. The molecule has 0 bridgehead atoms. The Bertz CT molecular complexity index is 723. The van der Waals surface area contributed by atoms with E-state index in [0.717, 1.165) is 18.0 Å². The molecule has 0 aliphatic carbocycles. The molecule has 1 aliphatic heterocycles. The zero-order valence-corrected chi connectivity index (χ0v) is 15.9. The number of rotatable bonds is 5. The zero-order chi connectivity index (χ0) is 18.5. The summed E-state index contributed by atoms with van der Waals surface area (Å²) in [6, 6.07) is 16.0. The molecule has 26 heavy (non-hydrogen) atoms. The van der Waals surface area contributed by atoms with Crippen molar-refractivity contribution in [1.29, 1.82) is 0 Å². The summed E-state index contributed by atoms with van der Waals surface area (Å²) in [7, 11) is 0. The molecule has 0 radical (unpaired) electrons. The topological polar surface area (TPSA) is 41.6 Å². The molecule has 4 heteroatoms. The molecule has 1 aliphatic rings. The second-order valence-electron chi connectivity index (χ2n) is 7.23. The van der Waals surface area contributed by atoms with Gasteiger partial charge in [-0.1, -0.05) is 0 Å². The van der Waals surface area contributed by atoms with Crippen LogP contribution in [0.4, 0.5) is 11.4 Å². The first kappa shape index (κ1) is 18.3. The fourth-order valence-corrected chi connectivity index (χ4v) is 3.38. The third-order valence-corrected chi connectivity index (χ3v) is 4.75. The van der Waals surface area contributed by atoms with Crippen LogP contribution in [0.3, 0.4) is 0 Å². The highest BCUT2D eigenvalue weighted by atomic mass is 16.5. The number of hydrogen-bond acceptors (Lipinski definition) is 3. The van der Waals surface area contributed by atoms with Crippen LogP contribution in [-0.2, 0) is 0 Å². The van der Waals surface area contributed by atoms with Gasteiger partial charge in [-0.25, -0.2) is 0 Å². The molecule has 2 aromatic rings. The second kappa shape index (κ2) is 8.26. The van der Waals surface area contributed by atoms with Crippen LogP contribution in [0.2, 0.25) is 0 Å². The van der Waals surface area contributed by atoms with Crippen molar-refractivity contribution < 1.29 is 9.53 Å². The number of nitrogens with one attached hydrogen (secondary N) is 1. The van der Waals surface area contributed by atoms with Gasteiger partial charge < -0.3 is 15.0 Å². The Morgan fingerprint density at radius 2 is 1.77 bits per heavy atom. The molecule has 1 fully saturated rings. The van der Waals surface area contributed by atoms with Crippen LogP contribution >= 0.6 is 0 Å². The van der Waals surface area contributed by atoms with Gasteiger partial charge in [0.15, 0.2) is 0 Å². The maximum Gasteiger partial charge on any atom is 0.255 e. The fraction of sp³-hybridized carbons (Fsp3) is 0.409. The van der Waals surface area contributed by atoms with Crippen molar-refractivity contribution in [2.75, 3.05) is 16.8 Å². The summed E-state index contributed by atoms with van der Waals surface area (Å²) < 4.78 is 5.61. The Hall–Kier alpha value is -2.49. The van der Waals surface area contributed by atoms with E-state index in [2.05, 4.69) is 29.3 Å². The van der Waals surface area contributed by atoms with E-state index in [0.29, 0.717) is 11.6 Å². The lowest BCUT2D eigenvalue weighted by Crippen LogP contribution is -2.37. The smallest absolute Gasteiger partial charge is 0.255 e. The Kier molecular flexibility index (Phi) is 5.82. The van der Waals surface area contributed by atoms with Crippen molar-refractivity contribution in [2.45, 2.75) is 52.2 Å². The van der Waals surface area contributed by atoms with Gasteiger partial charge >= 0.3 is 0 Å². The summed E-state index contributed by atoms with van der Waals surface area (Å²) in [5.41, 5.74) is 2.66. The van der Waals surface area contributed by atoms with Crippen molar-refractivity contribution in [1.82, 2.24) is 0 Å². The van der Waals surface area contributed by atoms with Gasteiger partial charge in [-0.2, -0.15) is 0 Å². The van der Waals surface area contributed by atoms with Crippen molar-refractivity contribution in [3.05, 3.63) is 54.1 Å². The summed E-state index contributed by atoms with van der Waals surface area (Å²) >= 11 is 0. The van der Waals surface area contributed by atoms with E-state index in [1.54, 1.807) is 12.1 Å². The summed E-state index contributed by atoms with van der Waals surface area (Å²) in [5.74, 6) is 0.664. The largest absolute Gasteiger partial charge is 0.491 e. The van der Waals surface area contributed by atoms with Crippen LogP contribution in [0, 0.1) is 0 Å². The lowest BCUT2D eigenvalue weighted by atomic mass is 10.0. The molecule has 138 valence electrons. The van der Waals surface area contributed by atoms with E-state index in [1.807, 2.05) is 38.1 Å². The molecular formula is C22H28N2O2. The van der Waals surface area contributed by atoms with Crippen LogP contribution in [0.1, 0.15) is 50.4 Å². The second-order valence-corrected chi connectivity index (χ2v) is 7.23. The maximum absolute atomic E-state index is 12.4. The number of carbonyl (C=O) groups is 1. The number of ether oxygens (including phenoxy) is 1. The third-order valence-electron chi connectivity index (χ3n) is 4.75. The highest BCUT2D eigenvalue weighted by Crippen LogP contribution is 2.26. The monoisotopic (exact) mass is 352 g/mol. The first-order chi connectivity index (χ1) is 12.5. The predicted molar refractivity (Wildman–Crippen MR) is 107 cm³/mol. The van der Waals surface area contributed by atoms with Crippen molar-refractivity contribution in [2.24, 2.45) is 0 Å². The number of hydrogen-bond donors (Lipinski definition) is 1. The van der Waals surface area contributed by atoms with Crippen molar-refractivity contribution in [3.8, 4) is 5.75 Å². The van der Waals surface area contributed by atoms with Gasteiger partial charge in [-0.05, 0) is 88.6 Å². The van der Waals surface area contributed by atoms with Crippen LogP contribution in [0.15, 0.2) is 48.5 Å². The lowest BCUT2D eigenvalue weighted by molar-refractivity contribution is 0.102. The molecule has 2 aromatic carbocycles. The highest BCUT2D eigenvalue weighted by molar-refractivity contribution is 6.04. The molecule has 4 nitrogen and oxygen atoms in total. The number of piperidine rings is 1. The number of carbonyl (C=O) groups excluding carboxylic acids is 1. The van der Waals surface area contributed by atoms with Crippen molar-refractivity contribution >= 4 is 17.3 Å². The summed E-state index contributed by atoms with van der Waals surface area (Å²) in [6.45, 7) is 7.35. The minimum atomic E-state index is -0.111. The molecule has 0 aromatic heterocycles. The van der Waals surface area contributed by atoms with E-state index in [4.69, 9.17) is 4.74 Å². The Morgan fingerprint density at radius 3 is 2.38 bits per heavy atom. The SMILES string of the molecule is CC(C)Oc1ccc(C(=O)Nc2ccc(N3CCCC[C@H]3C)cc2)cc1. The first-order valence-corrected chi connectivity index (χ1v) is 9.48. The zero-order valence-electron chi connectivity index (χ0n) is 15.9. The van der Waals surface area contributed by atoms with Crippen LogP contribution in [0.25, 0.3) is 0 Å². The van der Waals surface area contributed by atoms with E-state index in [9.17, 15) is 4.79 Å². The van der Waals surface area contributed by atoms with Gasteiger partial charge in [-0.15, -0.1) is 0 Å². The molecule has 1 N–H and O–H groups in total. The van der Waals surface area contributed by atoms with Crippen molar-refractivity contribution in [3.63, 3.8) is 0 Å². The quantitative estimate of drug-likeness (QED) is 0.813. The number of anilines is 2. The van der Waals surface area contributed by atoms with Gasteiger partial charge in [0.1, 0.15) is 5.75 Å². The molecular weight excluding hydrogens is 324 g/mol. The average Bonchev–Trinajstić information content (AvgIpc) is 2.63. The van der Waals surface area contributed by atoms with Crippen LogP contribution < -0.4 is 15.0 Å². The molecule has 0 unspecified atom stereocenters. The van der Waals surface area contributed by atoms with Crippen LogP contribution in [-0.4, -0.2) is 24.6 Å². The van der Waals surface area contributed by atoms with E-state index < -0.39 is 0 Å². The average molecular weight is 352 g/mol. The molecule has 0 spiro atoms. The summed E-state index contributed by atoms with van der Waals surface area (Å²) in [4.78, 5) is 14.9. The third kappa shape index (κ3) is 4.57. The molecule has 1 amide bonds. The lowest BCUT2D eigenvalue weighted by Gasteiger charge is -2.35. The summed E-state index contributed by atoms with van der Waals surface area (Å²) in [6.07, 6.45) is 3.93. The Balaban J connectivity index is 1.62. The standard InChI is InChI=1S/C22H28N2O2/c1-16(2)26-21-13-7-18(8-14-21)22(25)23-19-9-11-20(12-10-19)24-15-5-4-6-17(24)3/h7-14,16-17H,4-6,15H2,1-3H3,(H,23,25)/t17-/m1/s1. The molecule has 3 rings (SSSR count). The minimum Gasteiger partial charge on any atom is -0.491 e. The van der Waals surface area contributed by atoms with Gasteiger partial charge in [0, 0.05) is 29.5 Å². The first-order valence-electron chi connectivity index (χ1n) is 9.48. The Morgan fingerprint density at radius 1 is 1.08 bits per heavy atom. The van der Waals surface area contributed by atoms with Gasteiger partial charge in [0.05, 0.1) is 6.10 Å². The minimum absolute atomic E-state index is 0.111. The Labute approximate surface area is 156 Å². The number of nitrogens with zero attached hydrogens (tertiary/aromatic N) is 1.